The average molecular weight is 406 g/mol. The van der Waals surface area contributed by atoms with Crippen LogP contribution >= 0.6 is 0 Å². The summed E-state index contributed by atoms with van der Waals surface area (Å²) >= 11 is 0. The van der Waals surface area contributed by atoms with E-state index in [4.69, 9.17) is 9.47 Å². The minimum atomic E-state index is -0.152. The van der Waals surface area contributed by atoms with Crippen molar-refractivity contribution in [3.8, 4) is 11.5 Å². The number of benzene rings is 2. The predicted octanol–water partition coefficient (Wildman–Crippen LogP) is 4.32. The molecule has 0 spiro atoms. The van der Waals surface area contributed by atoms with Crippen LogP contribution in [0, 0.1) is 0 Å². The number of rotatable bonds is 6. The normalized spacial score (nSPS) is 15.8. The summed E-state index contributed by atoms with van der Waals surface area (Å²) in [5, 5.41) is 7.43. The lowest BCUT2D eigenvalue weighted by Gasteiger charge is -2.26. The first-order valence-corrected chi connectivity index (χ1v) is 10.0. The monoisotopic (exact) mass is 406 g/mol. The second-order valence-corrected chi connectivity index (χ2v) is 7.27. The van der Waals surface area contributed by atoms with Gasteiger partial charge in [0, 0.05) is 30.4 Å². The van der Waals surface area contributed by atoms with Crippen LogP contribution < -0.4 is 14.8 Å². The highest BCUT2D eigenvalue weighted by atomic mass is 16.5. The highest BCUT2D eigenvalue weighted by Crippen LogP contribution is 2.38. The lowest BCUT2D eigenvalue weighted by molar-refractivity contribution is 0.206. The van der Waals surface area contributed by atoms with Crippen molar-refractivity contribution in [1.29, 1.82) is 0 Å². The molecule has 1 saturated heterocycles. The summed E-state index contributed by atoms with van der Waals surface area (Å²) in [7, 11) is 3.26. The molecule has 0 bridgehead atoms. The summed E-state index contributed by atoms with van der Waals surface area (Å²) in [6, 6.07) is 17.5. The van der Waals surface area contributed by atoms with E-state index in [9.17, 15) is 4.79 Å². The maximum Gasteiger partial charge on any atom is 0.323 e. The van der Waals surface area contributed by atoms with Gasteiger partial charge in [0.05, 0.1) is 26.8 Å². The molecule has 1 aliphatic rings. The first-order valence-electron chi connectivity index (χ1n) is 10.0. The first kappa shape index (κ1) is 19.8. The summed E-state index contributed by atoms with van der Waals surface area (Å²) in [6.07, 6.45) is 3.70. The van der Waals surface area contributed by atoms with Gasteiger partial charge in [0.15, 0.2) is 5.82 Å². The van der Waals surface area contributed by atoms with E-state index in [2.05, 4.69) is 22.5 Å². The molecular weight excluding hydrogens is 380 g/mol. The summed E-state index contributed by atoms with van der Waals surface area (Å²) in [5.74, 6) is 2.00. The van der Waals surface area contributed by atoms with E-state index in [1.807, 2.05) is 58.2 Å². The molecule has 0 aliphatic carbocycles. The van der Waals surface area contributed by atoms with Crippen molar-refractivity contribution < 1.29 is 14.3 Å². The number of likely N-dealkylation sites (tertiary alicyclic amines) is 1. The molecule has 30 heavy (non-hydrogen) atoms. The summed E-state index contributed by atoms with van der Waals surface area (Å²) < 4.78 is 12.7. The molecule has 3 aromatic rings. The number of anilines is 1. The van der Waals surface area contributed by atoms with Crippen molar-refractivity contribution in [3.05, 3.63) is 71.9 Å². The van der Waals surface area contributed by atoms with Gasteiger partial charge in [-0.25, -0.2) is 4.79 Å². The molecule has 156 valence electrons. The van der Waals surface area contributed by atoms with Crippen LogP contribution in [0.1, 0.15) is 30.0 Å². The molecule has 1 atom stereocenters. The molecule has 1 N–H and O–H groups in total. The molecular formula is C23H26N4O3. The highest BCUT2D eigenvalue weighted by molar-refractivity contribution is 5.88. The number of hydrogen-bond acceptors (Lipinski definition) is 4. The van der Waals surface area contributed by atoms with Crippen molar-refractivity contribution in [2.24, 2.45) is 0 Å². The molecule has 2 aromatic carbocycles. The number of methoxy groups -OCH3 is 2. The fourth-order valence-corrected chi connectivity index (χ4v) is 3.90. The average Bonchev–Trinajstić information content (AvgIpc) is 3.43. The fraction of sp³-hybridized carbons (Fsp3) is 0.304. The Balaban J connectivity index is 1.46. The largest absolute Gasteiger partial charge is 0.497 e. The van der Waals surface area contributed by atoms with Gasteiger partial charge in [-0.05, 0) is 30.5 Å². The first-order chi connectivity index (χ1) is 14.7. The van der Waals surface area contributed by atoms with Gasteiger partial charge in [0.1, 0.15) is 11.5 Å². The van der Waals surface area contributed by atoms with Gasteiger partial charge in [-0.2, -0.15) is 5.10 Å². The zero-order valence-corrected chi connectivity index (χ0v) is 17.2. The van der Waals surface area contributed by atoms with E-state index in [-0.39, 0.29) is 12.1 Å². The Morgan fingerprint density at radius 2 is 1.97 bits per heavy atom. The Bertz CT molecular complexity index is 1000. The Morgan fingerprint density at radius 1 is 1.13 bits per heavy atom. The van der Waals surface area contributed by atoms with E-state index in [1.165, 1.54) is 0 Å². The molecule has 7 nitrogen and oxygen atoms in total. The number of hydrogen-bond donors (Lipinski definition) is 1. The standard InChI is InChI=1S/C23H26N4O3/c1-29-18-10-11-19(21(15-18)30-2)20-9-6-13-27(20)23(28)24-22-12-14-26(25-22)16-17-7-4-3-5-8-17/h3-5,7-8,10-12,14-15,20H,6,9,13,16H2,1-2H3,(H,24,25,28). The smallest absolute Gasteiger partial charge is 0.323 e. The van der Waals surface area contributed by atoms with Crippen molar-refractivity contribution in [3.63, 3.8) is 0 Å². The maximum absolute atomic E-state index is 13.0. The van der Waals surface area contributed by atoms with Crippen LogP contribution in [-0.4, -0.2) is 41.5 Å². The number of aromatic nitrogens is 2. The van der Waals surface area contributed by atoms with Gasteiger partial charge in [0.2, 0.25) is 0 Å². The lowest BCUT2D eigenvalue weighted by atomic mass is 10.0. The van der Waals surface area contributed by atoms with Gasteiger partial charge in [-0.15, -0.1) is 0 Å². The Labute approximate surface area is 176 Å². The van der Waals surface area contributed by atoms with Crippen LogP contribution in [0.25, 0.3) is 0 Å². The summed E-state index contributed by atoms with van der Waals surface area (Å²) in [4.78, 5) is 14.8. The van der Waals surface area contributed by atoms with Gasteiger partial charge >= 0.3 is 6.03 Å². The third-order valence-corrected chi connectivity index (χ3v) is 5.38. The quantitative estimate of drug-likeness (QED) is 0.662. The van der Waals surface area contributed by atoms with E-state index in [0.717, 1.165) is 35.5 Å². The molecule has 0 radical (unpaired) electrons. The number of carbonyl (C=O) groups excluding carboxylic acids is 1. The molecule has 1 fully saturated rings. The number of urea groups is 1. The lowest BCUT2D eigenvalue weighted by Crippen LogP contribution is -2.34. The zero-order chi connectivity index (χ0) is 20.9. The topological polar surface area (TPSA) is 68.6 Å². The molecule has 1 aliphatic heterocycles. The molecule has 7 heteroatoms. The summed E-state index contributed by atoms with van der Waals surface area (Å²) in [6.45, 7) is 1.35. The Morgan fingerprint density at radius 3 is 2.73 bits per heavy atom. The predicted molar refractivity (Wildman–Crippen MR) is 115 cm³/mol. The second-order valence-electron chi connectivity index (χ2n) is 7.27. The van der Waals surface area contributed by atoms with E-state index in [1.54, 1.807) is 14.2 Å². The minimum Gasteiger partial charge on any atom is -0.497 e. The van der Waals surface area contributed by atoms with Crippen molar-refractivity contribution in [2.45, 2.75) is 25.4 Å². The third-order valence-electron chi connectivity index (χ3n) is 5.38. The molecule has 1 aromatic heterocycles. The van der Waals surface area contributed by atoms with Crippen LogP contribution in [0.2, 0.25) is 0 Å². The Hall–Kier alpha value is -3.48. The van der Waals surface area contributed by atoms with Crippen LogP contribution in [0.15, 0.2) is 60.8 Å². The maximum atomic E-state index is 13.0. The number of carbonyl (C=O) groups is 1. The van der Waals surface area contributed by atoms with Gasteiger partial charge < -0.3 is 14.4 Å². The number of ether oxygens (including phenoxy) is 2. The molecule has 2 amide bonds. The molecule has 1 unspecified atom stereocenters. The van der Waals surface area contributed by atoms with Crippen LogP contribution in [-0.2, 0) is 6.54 Å². The minimum absolute atomic E-state index is 0.0442. The van der Waals surface area contributed by atoms with Crippen LogP contribution in [0.5, 0.6) is 11.5 Å². The number of nitrogens with one attached hydrogen (secondary N) is 1. The van der Waals surface area contributed by atoms with Crippen molar-refractivity contribution in [2.75, 3.05) is 26.1 Å². The fourth-order valence-electron chi connectivity index (χ4n) is 3.90. The third kappa shape index (κ3) is 4.25. The van der Waals surface area contributed by atoms with Gasteiger partial charge in [0.25, 0.3) is 0 Å². The molecule has 2 heterocycles. The van der Waals surface area contributed by atoms with E-state index < -0.39 is 0 Å². The van der Waals surface area contributed by atoms with Crippen molar-refractivity contribution in [1.82, 2.24) is 14.7 Å². The van der Waals surface area contributed by atoms with E-state index >= 15 is 0 Å². The van der Waals surface area contributed by atoms with Crippen LogP contribution in [0.3, 0.4) is 0 Å². The highest BCUT2D eigenvalue weighted by Gasteiger charge is 2.32. The van der Waals surface area contributed by atoms with Crippen molar-refractivity contribution >= 4 is 11.8 Å². The van der Waals surface area contributed by atoms with Gasteiger partial charge in [-0.3, -0.25) is 10.00 Å². The number of amides is 2. The second kappa shape index (κ2) is 8.90. The zero-order valence-electron chi connectivity index (χ0n) is 17.2. The SMILES string of the molecule is COc1ccc(C2CCCN2C(=O)Nc2ccn(Cc3ccccc3)n2)c(OC)c1. The molecule has 4 rings (SSSR count). The van der Waals surface area contributed by atoms with Crippen LogP contribution in [0.4, 0.5) is 10.6 Å². The number of nitrogens with zero attached hydrogens (tertiary/aromatic N) is 3. The van der Waals surface area contributed by atoms with E-state index in [0.29, 0.717) is 18.9 Å². The Kier molecular flexibility index (Phi) is 5.88. The van der Waals surface area contributed by atoms with Gasteiger partial charge in [-0.1, -0.05) is 30.3 Å². The molecule has 0 saturated carbocycles. The summed E-state index contributed by atoms with van der Waals surface area (Å²) in [5.41, 5.74) is 2.14.